The minimum Gasteiger partial charge on any atom is -0.357 e. The molecule has 1 saturated carbocycles. The molecule has 1 aliphatic carbocycles. The van der Waals surface area contributed by atoms with Gasteiger partial charge in [0.25, 0.3) is 0 Å². The summed E-state index contributed by atoms with van der Waals surface area (Å²) in [6.07, 6.45) is 5.70. The zero-order valence-electron chi connectivity index (χ0n) is 11.7. The average molecular weight is 324 g/mol. The second kappa shape index (κ2) is 7.19. The molecule has 108 valence electrons. The Morgan fingerprint density at radius 2 is 1.65 bits per heavy atom. The van der Waals surface area contributed by atoms with Crippen molar-refractivity contribution in [3.8, 4) is 0 Å². The van der Waals surface area contributed by atoms with Gasteiger partial charge in [0.2, 0.25) is 0 Å². The van der Waals surface area contributed by atoms with E-state index in [4.69, 9.17) is 12.2 Å². The van der Waals surface area contributed by atoms with E-state index in [2.05, 4.69) is 35.2 Å². The van der Waals surface area contributed by atoms with Crippen molar-refractivity contribution in [3.05, 3.63) is 30.3 Å². The lowest BCUT2D eigenvalue weighted by molar-refractivity contribution is 0.326. The van der Waals surface area contributed by atoms with Crippen LogP contribution in [0, 0.1) is 11.8 Å². The van der Waals surface area contributed by atoms with Crippen LogP contribution in [-0.2, 0) is 0 Å². The molecule has 2 heterocycles. The van der Waals surface area contributed by atoms with Crippen molar-refractivity contribution in [2.75, 3.05) is 18.2 Å². The minimum atomic E-state index is 0.897. The number of hydrogen-bond acceptors (Lipinski definition) is 3. The summed E-state index contributed by atoms with van der Waals surface area (Å²) < 4.78 is 1.12. The molecule has 1 aromatic carbocycles. The van der Waals surface area contributed by atoms with Crippen molar-refractivity contribution in [1.29, 1.82) is 0 Å². The maximum atomic E-state index is 5.66. The highest BCUT2D eigenvalue weighted by Gasteiger charge is 2.30. The zero-order valence-corrected chi connectivity index (χ0v) is 14.1. The first-order chi connectivity index (χ1) is 9.81. The summed E-state index contributed by atoms with van der Waals surface area (Å²) >= 11 is 9.38. The van der Waals surface area contributed by atoms with Gasteiger partial charge in [-0.3, -0.25) is 0 Å². The van der Waals surface area contributed by atoms with Crippen molar-refractivity contribution in [1.82, 2.24) is 4.90 Å². The zero-order chi connectivity index (χ0) is 13.8. The highest BCUT2D eigenvalue weighted by atomic mass is 32.2. The molecule has 2 saturated heterocycles. The van der Waals surface area contributed by atoms with Gasteiger partial charge in [0.1, 0.15) is 4.32 Å². The molecule has 0 spiro atoms. The SMILES string of the molecule is S=C(SCSc1ccccc1)N1CC2CCC(CC2)C1. The van der Waals surface area contributed by atoms with E-state index in [0.29, 0.717) is 0 Å². The molecule has 4 heteroatoms. The van der Waals surface area contributed by atoms with E-state index < -0.39 is 0 Å². The maximum Gasteiger partial charge on any atom is 0.137 e. The molecule has 20 heavy (non-hydrogen) atoms. The van der Waals surface area contributed by atoms with Crippen molar-refractivity contribution in [2.24, 2.45) is 11.8 Å². The summed E-state index contributed by atoms with van der Waals surface area (Å²) in [6.45, 7) is 2.41. The topological polar surface area (TPSA) is 3.24 Å². The second-order valence-electron chi connectivity index (χ2n) is 5.78. The Morgan fingerprint density at radius 1 is 1.05 bits per heavy atom. The lowest BCUT2D eigenvalue weighted by Crippen LogP contribution is -2.31. The van der Waals surface area contributed by atoms with Gasteiger partial charge >= 0.3 is 0 Å². The molecule has 4 rings (SSSR count). The van der Waals surface area contributed by atoms with Crippen LogP contribution in [0.3, 0.4) is 0 Å². The number of benzene rings is 1. The summed E-state index contributed by atoms with van der Waals surface area (Å²) in [5.41, 5.74) is 0. The standard InChI is InChI=1S/C16H21NS3/c18-16(20-12-19-15-4-2-1-3-5-15)17-10-13-6-7-14(11-17)9-8-13/h1-5,13-14H,6-12H2. The van der Waals surface area contributed by atoms with Gasteiger partial charge in [-0.2, -0.15) is 0 Å². The number of rotatable bonds is 3. The Balaban J connectivity index is 1.47. The molecule has 3 aliphatic rings. The summed E-state index contributed by atoms with van der Waals surface area (Å²) in [4.78, 5) is 3.82. The third kappa shape index (κ3) is 3.92. The van der Waals surface area contributed by atoms with E-state index in [0.717, 1.165) is 21.2 Å². The molecule has 2 bridgehead atoms. The third-order valence-electron chi connectivity index (χ3n) is 4.33. The molecule has 0 aromatic heterocycles. The van der Waals surface area contributed by atoms with Gasteiger partial charge in [-0.1, -0.05) is 42.2 Å². The van der Waals surface area contributed by atoms with Crippen LogP contribution in [-0.4, -0.2) is 27.4 Å². The van der Waals surface area contributed by atoms with E-state index in [1.807, 2.05) is 23.5 Å². The third-order valence-corrected chi connectivity index (χ3v) is 7.00. The molecule has 0 unspecified atom stereocenters. The van der Waals surface area contributed by atoms with E-state index in [1.165, 1.54) is 43.7 Å². The van der Waals surface area contributed by atoms with Crippen LogP contribution in [0.2, 0.25) is 0 Å². The monoisotopic (exact) mass is 323 g/mol. The fraction of sp³-hybridized carbons (Fsp3) is 0.562. The number of thioether (sulfide) groups is 2. The molecule has 0 amide bonds. The summed E-state index contributed by atoms with van der Waals surface area (Å²) in [6, 6.07) is 10.6. The quantitative estimate of drug-likeness (QED) is 0.443. The Labute approximate surface area is 135 Å². The first kappa shape index (κ1) is 14.7. The normalized spacial score (nSPS) is 25.5. The highest BCUT2D eigenvalue weighted by molar-refractivity contribution is 8.29. The largest absolute Gasteiger partial charge is 0.357 e. The Morgan fingerprint density at radius 3 is 2.25 bits per heavy atom. The van der Waals surface area contributed by atoms with Crippen molar-refractivity contribution in [2.45, 2.75) is 30.6 Å². The Bertz CT molecular complexity index is 426. The molecule has 1 nitrogen and oxygen atoms in total. The molecular weight excluding hydrogens is 302 g/mol. The van der Waals surface area contributed by atoms with Gasteiger partial charge < -0.3 is 4.90 Å². The lowest BCUT2D eigenvalue weighted by Gasteiger charge is -2.24. The average Bonchev–Trinajstić information content (AvgIpc) is 2.82. The van der Waals surface area contributed by atoms with Gasteiger partial charge in [0, 0.05) is 18.0 Å². The lowest BCUT2D eigenvalue weighted by atomic mass is 9.84. The number of thiocarbonyl (C=S) groups is 1. The van der Waals surface area contributed by atoms with Gasteiger partial charge in [-0.15, -0.1) is 11.8 Å². The van der Waals surface area contributed by atoms with E-state index in [-0.39, 0.29) is 0 Å². The maximum absolute atomic E-state index is 5.66. The van der Waals surface area contributed by atoms with E-state index in [9.17, 15) is 0 Å². The summed E-state index contributed by atoms with van der Waals surface area (Å²) in [5.74, 6) is 1.79. The minimum absolute atomic E-state index is 0.897. The highest BCUT2D eigenvalue weighted by Crippen LogP contribution is 2.35. The first-order valence-electron chi connectivity index (χ1n) is 7.41. The molecule has 0 N–H and O–H groups in total. The van der Waals surface area contributed by atoms with Gasteiger partial charge in [0.05, 0.1) is 5.08 Å². The van der Waals surface area contributed by atoms with Gasteiger partial charge in [-0.25, -0.2) is 0 Å². The van der Waals surface area contributed by atoms with Crippen LogP contribution < -0.4 is 0 Å². The predicted molar refractivity (Wildman–Crippen MR) is 94.4 cm³/mol. The Hall–Kier alpha value is -0.190. The first-order valence-corrected chi connectivity index (χ1v) is 9.79. The van der Waals surface area contributed by atoms with Crippen LogP contribution in [0.1, 0.15) is 25.7 Å². The van der Waals surface area contributed by atoms with E-state index in [1.54, 1.807) is 0 Å². The number of hydrogen-bond donors (Lipinski definition) is 0. The van der Waals surface area contributed by atoms with Crippen LogP contribution in [0.15, 0.2) is 35.2 Å². The molecule has 3 fully saturated rings. The molecule has 2 aliphatic heterocycles. The fourth-order valence-corrected chi connectivity index (χ4v) is 5.65. The number of fused-ring (bicyclic) bond motifs is 4. The molecule has 1 aromatic rings. The van der Waals surface area contributed by atoms with Crippen LogP contribution in [0.25, 0.3) is 0 Å². The van der Waals surface area contributed by atoms with Crippen LogP contribution in [0.5, 0.6) is 0 Å². The van der Waals surface area contributed by atoms with Crippen molar-refractivity contribution >= 4 is 40.1 Å². The summed E-state index contributed by atoms with van der Waals surface area (Å²) in [5, 5.41) is 1.02. The van der Waals surface area contributed by atoms with Crippen molar-refractivity contribution in [3.63, 3.8) is 0 Å². The Kier molecular flexibility index (Phi) is 5.30. The molecular formula is C16H21NS3. The summed E-state index contributed by atoms with van der Waals surface area (Å²) in [7, 11) is 0. The van der Waals surface area contributed by atoms with Gasteiger partial charge in [0.15, 0.2) is 0 Å². The number of nitrogens with zero attached hydrogens (tertiary/aromatic N) is 1. The smallest absolute Gasteiger partial charge is 0.137 e. The van der Waals surface area contributed by atoms with E-state index >= 15 is 0 Å². The van der Waals surface area contributed by atoms with Crippen molar-refractivity contribution < 1.29 is 0 Å². The van der Waals surface area contributed by atoms with Gasteiger partial charge in [-0.05, 0) is 49.7 Å². The predicted octanol–water partition coefficient (Wildman–Crippen LogP) is 4.88. The molecule has 0 atom stereocenters. The van der Waals surface area contributed by atoms with Crippen LogP contribution in [0.4, 0.5) is 0 Å². The fourth-order valence-electron chi connectivity index (χ4n) is 3.20. The van der Waals surface area contributed by atoms with Crippen LogP contribution >= 0.6 is 35.7 Å². The second-order valence-corrected chi connectivity index (χ2v) is 8.80. The molecule has 0 radical (unpaired) electrons.